The average Bonchev–Trinajstić information content (AvgIpc) is 2.99. The van der Waals surface area contributed by atoms with Crippen LogP contribution in [0.3, 0.4) is 0 Å². The summed E-state index contributed by atoms with van der Waals surface area (Å²) in [7, 11) is 1.67. The molecule has 2 unspecified atom stereocenters. The smallest absolute Gasteiger partial charge is 0.366 e. The van der Waals surface area contributed by atoms with Crippen molar-refractivity contribution in [2.75, 3.05) is 10.6 Å². The third-order valence-electron chi connectivity index (χ3n) is 6.87. The van der Waals surface area contributed by atoms with Crippen LogP contribution < -0.4 is 21.9 Å². The number of nitrogens with two attached hydrogens (primary N) is 1. The van der Waals surface area contributed by atoms with E-state index in [4.69, 9.17) is 5.73 Å². The van der Waals surface area contributed by atoms with E-state index < -0.39 is 11.7 Å². The monoisotopic (exact) mass is 458 g/mol. The van der Waals surface area contributed by atoms with Gasteiger partial charge in [-0.1, -0.05) is 0 Å². The van der Waals surface area contributed by atoms with Crippen LogP contribution in [0.1, 0.15) is 31.2 Å². The molecule has 0 aliphatic heterocycles. The van der Waals surface area contributed by atoms with Crippen LogP contribution in [-0.4, -0.2) is 26.6 Å². The van der Waals surface area contributed by atoms with Gasteiger partial charge in [0.25, 0.3) is 5.56 Å². The lowest BCUT2D eigenvalue weighted by Gasteiger charge is -2.35. The van der Waals surface area contributed by atoms with Crippen molar-refractivity contribution < 1.29 is 13.2 Å². The Bertz CT molecular complexity index is 1240. The predicted molar refractivity (Wildman–Crippen MR) is 120 cm³/mol. The number of nitrogens with zero attached hydrogens (tertiary/aromatic N) is 3. The molecule has 2 aliphatic rings. The molecule has 4 N–H and O–H groups in total. The highest BCUT2D eigenvalue weighted by atomic mass is 19.4. The van der Waals surface area contributed by atoms with Gasteiger partial charge in [0.15, 0.2) is 0 Å². The number of benzene rings is 1. The van der Waals surface area contributed by atoms with Crippen molar-refractivity contribution in [3.05, 3.63) is 52.6 Å². The molecule has 0 saturated heterocycles. The maximum atomic E-state index is 13.7. The van der Waals surface area contributed by atoms with Gasteiger partial charge < -0.3 is 20.9 Å². The van der Waals surface area contributed by atoms with E-state index in [1.165, 1.54) is 4.57 Å². The van der Waals surface area contributed by atoms with Gasteiger partial charge in [-0.05, 0) is 67.2 Å². The molecule has 0 amide bonds. The number of alkyl halides is 3. The van der Waals surface area contributed by atoms with Crippen molar-refractivity contribution in [1.82, 2.24) is 14.5 Å². The summed E-state index contributed by atoms with van der Waals surface area (Å²) in [4.78, 5) is 20.3. The molecule has 2 heterocycles. The van der Waals surface area contributed by atoms with Gasteiger partial charge in [0.05, 0.1) is 0 Å². The third-order valence-corrected chi connectivity index (χ3v) is 6.87. The molecule has 0 spiro atoms. The Hall–Kier alpha value is -3.14. The molecule has 3 aromatic rings. The molecule has 2 fully saturated rings. The quantitative estimate of drug-likeness (QED) is 0.546. The standard InChI is InChI=1S/C23H25F3N6O/c1-32-7-6-12-10-16(4-5-17(12)21(32)33)29-22-28-11-18(23(24,25)26)20(31-22)30-19-13-2-3-14(19)9-15(27)8-13/h4-7,10-11,13-15,19H,2-3,8-9,27H2,1H3,(H2,28,29,30,31). The minimum atomic E-state index is -4.58. The van der Waals surface area contributed by atoms with Crippen LogP contribution in [0.4, 0.5) is 30.6 Å². The van der Waals surface area contributed by atoms with Crippen LogP contribution in [0.25, 0.3) is 10.8 Å². The highest BCUT2D eigenvalue weighted by Crippen LogP contribution is 2.44. The number of hydrogen-bond donors (Lipinski definition) is 3. The Morgan fingerprint density at radius 3 is 2.58 bits per heavy atom. The Kier molecular flexibility index (Phi) is 5.27. The Morgan fingerprint density at radius 2 is 1.88 bits per heavy atom. The SMILES string of the molecule is Cn1ccc2cc(Nc3ncc(C(F)(F)F)c(NC4C5CCC4CC(N)C5)n3)ccc2c1=O. The number of aryl methyl sites for hydroxylation is 1. The van der Waals surface area contributed by atoms with Gasteiger partial charge in [0, 0.05) is 42.6 Å². The molecular weight excluding hydrogens is 433 g/mol. The molecule has 1 aromatic carbocycles. The Morgan fingerprint density at radius 1 is 1.15 bits per heavy atom. The summed E-state index contributed by atoms with van der Waals surface area (Å²) < 4.78 is 42.5. The van der Waals surface area contributed by atoms with Crippen molar-refractivity contribution in [1.29, 1.82) is 0 Å². The number of pyridine rings is 1. The summed E-state index contributed by atoms with van der Waals surface area (Å²) in [6, 6.07) is 6.92. The van der Waals surface area contributed by atoms with Crippen LogP contribution in [0.15, 0.2) is 41.5 Å². The molecule has 10 heteroatoms. The van der Waals surface area contributed by atoms with E-state index in [9.17, 15) is 18.0 Å². The van der Waals surface area contributed by atoms with Crippen LogP contribution in [0, 0.1) is 11.8 Å². The molecule has 2 atom stereocenters. The first-order chi connectivity index (χ1) is 15.7. The number of hydrogen-bond acceptors (Lipinski definition) is 6. The second kappa shape index (κ2) is 8.02. The van der Waals surface area contributed by atoms with Crippen molar-refractivity contribution in [2.45, 2.75) is 43.9 Å². The molecule has 7 nitrogen and oxygen atoms in total. The molecular formula is C23H25F3N6O. The zero-order chi connectivity index (χ0) is 23.3. The van der Waals surface area contributed by atoms with Crippen LogP contribution in [0.5, 0.6) is 0 Å². The van der Waals surface area contributed by atoms with Gasteiger partial charge in [-0.25, -0.2) is 4.98 Å². The summed E-state index contributed by atoms with van der Waals surface area (Å²) in [5, 5.41) is 7.33. The predicted octanol–water partition coefficient (Wildman–Crippen LogP) is 4.02. The zero-order valence-corrected chi connectivity index (χ0v) is 18.1. The molecule has 0 radical (unpaired) electrons. The molecule has 5 rings (SSSR count). The lowest BCUT2D eigenvalue weighted by atomic mass is 9.81. The van der Waals surface area contributed by atoms with E-state index >= 15 is 0 Å². The first-order valence-electron chi connectivity index (χ1n) is 11.0. The normalized spacial score (nSPS) is 24.8. The Balaban J connectivity index is 1.45. The second-order valence-electron chi connectivity index (χ2n) is 9.11. The molecule has 2 aromatic heterocycles. The summed E-state index contributed by atoms with van der Waals surface area (Å²) in [6.07, 6.45) is 1.44. The summed E-state index contributed by atoms with van der Waals surface area (Å²) >= 11 is 0. The second-order valence-corrected chi connectivity index (χ2v) is 9.11. The fourth-order valence-electron chi connectivity index (χ4n) is 5.28. The van der Waals surface area contributed by atoms with E-state index in [0.29, 0.717) is 16.5 Å². The Labute approximate surface area is 188 Å². The maximum absolute atomic E-state index is 13.7. The molecule has 174 valence electrons. The fourth-order valence-corrected chi connectivity index (χ4v) is 5.28. The number of halogens is 3. The van der Waals surface area contributed by atoms with Gasteiger partial charge in [-0.2, -0.15) is 18.2 Å². The summed E-state index contributed by atoms with van der Waals surface area (Å²) in [5.74, 6) is 0.323. The van der Waals surface area contributed by atoms with E-state index in [1.54, 1.807) is 37.5 Å². The number of fused-ring (bicyclic) bond motifs is 3. The van der Waals surface area contributed by atoms with E-state index in [1.807, 2.05) is 0 Å². The topological polar surface area (TPSA) is 97.9 Å². The van der Waals surface area contributed by atoms with Crippen LogP contribution in [0.2, 0.25) is 0 Å². The number of rotatable bonds is 4. The largest absolute Gasteiger partial charge is 0.421 e. The average molecular weight is 458 g/mol. The summed E-state index contributed by atoms with van der Waals surface area (Å²) in [5.41, 5.74) is 5.68. The molecule has 33 heavy (non-hydrogen) atoms. The lowest BCUT2D eigenvalue weighted by Crippen LogP contribution is -2.42. The number of aromatic nitrogens is 3. The van der Waals surface area contributed by atoms with Gasteiger partial charge >= 0.3 is 6.18 Å². The van der Waals surface area contributed by atoms with Crippen LogP contribution in [-0.2, 0) is 13.2 Å². The number of nitrogens with one attached hydrogen (secondary N) is 2. The molecule has 2 saturated carbocycles. The lowest BCUT2D eigenvalue weighted by molar-refractivity contribution is -0.137. The minimum absolute atomic E-state index is 0.0496. The zero-order valence-electron chi connectivity index (χ0n) is 18.1. The van der Waals surface area contributed by atoms with Gasteiger partial charge in [0.2, 0.25) is 5.95 Å². The summed E-state index contributed by atoms with van der Waals surface area (Å²) in [6.45, 7) is 0. The highest BCUT2D eigenvalue weighted by molar-refractivity contribution is 5.85. The van der Waals surface area contributed by atoms with Crippen molar-refractivity contribution in [2.24, 2.45) is 24.6 Å². The van der Waals surface area contributed by atoms with E-state index in [2.05, 4.69) is 20.6 Å². The maximum Gasteiger partial charge on any atom is 0.421 e. The first kappa shape index (κ1) is 21.7. The molecule has 2 bridgehead atoms. The van der Waals surface area contributed by atoms with Gasteiger partial charge in [-0.15, -0.1) is 0 Å². The highest BCUT2D eigenvalue weighted by Gasteiger charge is 2.43. The van der Waals surface area contributed by atoms with Gasteiger partial charge in [-0.3, -0.25) is 4.79 Å². The fraction of sp³-hybridized carbons (Fsp3) is 0.435. The van der Waals surface area contributed by atoms with E-state index in [0.717, 1.165) is 31.9 Å². The first-order valence-corrected chi connectivity index (χ1v) is 11.0. The van der Waals surface area contributed by atoms with Gasteiger partial charge in [0.1, 0.15) is 11.4 Å². The third kappa shape index (κ3) is 4.15. The molecule has 2 aliphatic carbocycles. The van der Waals surface area contributed by atoms with Crippen molar-refractivity contribution in [3.8, 4) is 0 Å². The number of anilines is 3. The van der Waals surface area contributed by atoms with Crippen LogP contribution >= 0.6 is 0 Å². The van der Waals surface area contributed by atoms with E-state index in [-0.39, 0.29) is 41.2 Å². The van der Waals surface area contributed by atoms with Crippen molar-refractivity contribution in [3.63, 3.8) is 0 Å². The van der Waals surface area contributed by atoms with Crippen molar-refractivity contribution >= 4 is 28.2 Å². The minimum Gasteiger partial charge on any atom is -0.366 e.